The number of likely N-dealkylation sites (N-methyl/N-ethyl adjacent to an activating group) is 1. The van der Waals surface area contributed by atoms with Gasteiger partial charge in [0.05, 0.1) is 12.6 Å². The highest BCUT2D eigenvalue weighted by Gasteiger charge is 2.26. The normalized spacial score (nSPS) is 19.0. The van der Waals surface area contributed by atoms with Crippen molar-refractivity contribution >= 4 is 29.9 Å². The number of hydrogen-bond acceptors (Lipinski definition) is 4. The molecule has 1 aromatic rings. The lowest BCUT2D eigenvalue weighted by Crippen LogP contribution is -2.44. The molecule has 1 atom stereocenters. The molecule has 2 aliphatic rings. The fraction of sp³-hybridized carbons (Fsp3) is 0.750. The average molecular weight is 490 g/mol. The molecule has 154 valence electrons. The molecule has 0 radical (unpaired) electrons. The Kier molecular flexibility index (Phi) is 9.38. The number of aliphatic imine (C=N–C) groups is 1. The van der Waals surface area contributed by atoms with Crippen molar-refractivity contribution in [3.63, 3.8) is 0 Å². The number of halogens is 1. The van der Waals surface area contributed by atoms with Gasteiger partial charge in [-0.2, -0.15) is 0 Å². The molecule has 0 bridgehead atoms. The topological polar surface area (TPSA) is 53.2 Å². The van der Waals surface area contributed by atoms with Crippen molar-refractivity contribution in [2.75, 3.05) is 53.5 Å². The lowest BCUT2D eigenvalue weighted by Gasteiger charge is -2.28. The Hall–Kier alpha value is -0.800. The third-order valence-corrected chi connectivity index (χ3v) is 5.32. The Morgan fingerprint density at radius 3 is 2.70 bits per heavy atom. The van der Waals surface area contributed by atoms with Gasteiger partial charge in [0, 0.05) is 33.8 Å². The Morgan fingerprint density at radius 2 is 2.11 bits per heavy atom. The lowest BCUT2D eigenvalue weighted by molar-refractivity contribution is 0.115. The minimum atomic E-state index is 0. The average Bonchev–Trinajstić information content (AvgIpc) is 3.11. The minimum Gasteiger partial charge on any atom is -0.465 e. The summed E-state index contributed by atoms with van der Waals surface area (Å²) in [5.74, 6) is 3.74. The van der Waals surface area contributed by atoms with E-state index in [9.17, 15) is 0 Å². The second kappa shape index (κ2) is 11.3. The predicted octanol–water partition coefficient (Wildman–Crippen LogP) is 3.28. The Bertz CT molecular complexity index is 582. The molecule has 2 heterocycles. The monoisotopic (exact) mass is 490 g/mol. The highest BCUT2D eigenvalue weighted by atomic mass is 127. The van der Waals surface area contributed by atoms with Crippen LogP contribution < -0.4 is 5.32 Å². The first-order valence-electron chi connectivity index (χ1n) is 9.97. The molecule has 0 amide bonds. The standard InChI is InChI=1S/C20H34N4O2.HI/c1-16-6-9-19(26-16)18(24-10-4-5-11-24)14-22-20(21-2)23(3)12-13-25-15-17-7-8-17;/h6,9,17-18H,4-5,7-8,10-15H2,1-3H3,(H,21,22);1H. The van der Waals surface area contributed by atoms with Crippen LogP contribution in [0.5, 0.6) is 0 Å². The number of guanidine groups is 1. The maximum absolute atomic E-state index is 5.94. The van der Waals surface area contributed by atoms with E-state index in [1.165, 1.54) is 25.7 Å². The highest BCUT2D eigenvalue weighted by molar-refractivity contribution is 14.0. The van der Waals surface area contributed by atoms with Crippen molar-refractivity contribution in [3.05, 3.63) is 23.7 Å². The first-order chi connectivity index (χ1) is 12.7. The van der Waals surface area contributed by atoms with E-state index in [4.69, 9.17) is 9.15 Å². The van der Waals surface area contributed by atoms with Crippen molar-refractivity contribution in [1.82, 2.24) is 15.1 Å². The van der Waals surface area contributed by atoms with E-state index in [2.05, 4.69) is 39.3 Å². The van der Waals surface area contributed by atoms with E-state index in [0.717, 1.165) is 62.8 Å². The molecule has 3 rings (SSSR count). The summed E-state index contributed by atoms with van der Waals surface area (Å²) >= 11 is 0. The number of nitrogens with one attached hydrogen (secondary N) is 1. The van der Waals surface area contributed by atoms with Crippen molar-refractivity contribution in [1.29, 1.82) is 0 Å². The molecule has 1 N–H and O–H groups in total. The van der Waals surface area contributed by atoms with Crippen LogP contribution in [0.3, 0.4) is 0 Å². The predicted molar refractivity (Wildman–Crippen MR) is 120 cm³/mol. The Labute approximate surface area is 180 Å². The van der Waals surface area contributed by atoms with Crippen LogP contribution in [0.2, 0.25) is 0 Å². The van der Waals surface area contributed by atoms with Crippen LogP contribution in [-0.2, 0) is 4.74 Å². The highest BCUT2D eigenvalue weighted by Crippen LogP contribution is 2.28. The molecule has 0 aromatic carbocycles. The second-order valence-electron chi connectivity index (χ2n) is 7.58. The number of ether oxygens (including phenoxy) is 1. The molecule has 7 heteroatoms. The molecule has 1 aromatic heterocycles. The van der Waals surface area contributed by atoms with Crippen molar-refractivity contribution in [3.8, 4) is 0 Å². The van der Waals surface area contributed by atoms with Crippen LogP contribution in [0.4, 0.5) is 0 Å². The van der Waals surface area contributed by atoms with Gasteiger partial charge in [0.1, 0.15) is 11.5 Å². The lowest BCUT2D eigenvalue weighted by atomic mass is 10.2. The van der Waals surface area contributed by atoms with Gasteiger partial charge in [-0.25, -0.2) is 0 Å². The first kappa shape index (κ1) is 22.5. The van der Waals surface area contributed by atoms with E-state index >= 15 is 0 Å². The van der Waals surface area contributed by atoms with Gasteiger partial charge in [-0.3, -0.25) is 9.89 Å². The molecule has 6 nitrogen and oxygen atoms in total. The molecular weight excluding hydrogens is 455 g/mol. The van der Waals surface area contributed by atoms with E-state index in [1.807, 2.05) is 14.0 Å². The molecular formula is C20H35IN4O2. The summed E-state index contributed by atoms with van der Waals surface area (Å²) < 4.78 is 11.7. The van der Waals surface area contributed by atoms with Gasteiger partial charge in [-0.1, -0.05) is 0 Å². The van der Waals surface area contributed by atoms with E-state index in [1.54, 1.807) is 0 Å². The molecule has 2 fully saturated rings. The van der Waals surface area contributed by atoms with Crippen LogP contribution in [0, 0.1) is 12.8 Å². The molecule has 27 heavy (non-hydrogen) atoms. The molecule has 1 saturated heterocycles. The second-order valence-corrected chi connectivity index (χ2v) is 7.58. The van der Waals surface area contributed by atoms with Crippen LogP contribution in [0.15, 0.2) is 21.5 Å². The molecule has 1 unspecified atom stereocenters. The molecule has 1 aliphatic heterocycles. The van der Waals surface area contributed by atoms with Gasteiger partial charge >= 0.3 is 0 Å². The van der Waals surface area contributed by atoms with Crippen LogP contribution in [0.25, 0.3) is 0 Å². The van der Waals surface area contributed by atoms with Crippen molar-refractivity contribution < 1.29 is 9.15 Å². The number of rotatable bonds is 9. The quantitative estimate of drug-likeness (QED) is 0.249. The number of hydrogen-bond donors (Lipinski definition) is 1. The summed E-state index contributed by atoms with van der Waals surface area (Å²) in [4.78, 5) is 9.09. The zero-order valence-corrected chi connectivity index (χ0v) is 19.3. The third kappa shape index (κ3) is 6.94. The first-order valence-corrected chi connectivity index (χ1v) is 9.97. The van der Waals surface area contributed by atoms with Gasteiger partial charge in [0.15, 0.2) is 5.96 Å². The molecule has 0 spiro atoms. The summed E-state index contributed by atoms with van der Waals surface area (Å²) in [5.41, 5.74) is 0. The largest absolute Gasteiger partial charge is 0.465 e. The van der Waals surface area contributed by atoms with E-state index in [0.29, 0.717) is 0 Å². The number of nitrogens with zero attached hydrogens (tertiary/aromatic N) is 3. The molecule has 1 saturated carbocycles. The fourth-order valence-electron chi connectivity index (χ4n) is 3.51. The van der Waals surface area contributed by atoms with E-state index < -0.39 is 0 Å². The maximum atomic E-state index is 5.94. The van der Waals surface area contributed by atoms with Crippen molar-refractivity contribution in [2.24, 2.45) is 10.9 Å². The summed E-state index contributed by atoms with van der Waals surface area (Å²) in [6.45, 7) is 7.58. The van der Waals surface area contributed by atoms with Gasteiger partial charge in [0.25, 0.3) is 0 Å². The number of aryl methyl sites for hydroxylation is 1. The van der Waals surface area contributed by atoms with Crippen molar-refractivity contribution in [2.45, 2.75) is 38.6 Å². The minimum absolute atomic E-state index is 0. The van der Waals surface area contributed by atoms with Crippen LogP contribution >= 0.6 is 24.0 Å². The van der Waals surface area contributed by atoms with Crippen LogP contribution in [-0.4, -0.2) is 69.2 Å². The summed E-state index contributed by atoms with van der Waals surface area (Å²) in [6, 6.07) is 4.41. The third-order valence-electron chi connectivity index (χ3n) is 5.32. The SMILES string of the molecule is CN=C(NCC(c1ccc(C)o1)N1CCCC1)N(C)CCOCC1CC1.I. The summed E-state index contributed by atoms with van der Waals surface area (Å²) in [6.07, 6.45) is 5.21. The van der Waals surface area contributed by atoms with E-state index in [-0.39, 0.29) is 30.0 Å². The summed E-state index contributed by atoms with van der Waals surface area (Å²) in [5, 5.41) is 3.53. The van der Waals surface area contributed by atoms with Gasteiger partial charge < -0.3 is 19.4 Å². The zero-order chi connectivity index (χ0) is 18.4. The van der Waals surface area contributed by atoms with Gasteiger partial charge in [-0.05, 0) is 63.7 Å². The zero-order valence-electron chi connectivity index (χ0n) is 16.9. The fourth-order valence-corrected chi connectivity index (χ4v) is 3.51. The number of likely N-dealkylation sites (tertiary alicyclic amines) is 1. The molecule has 1 aliphatic carbocycles. The maximum Gasteiger partial charge on any atom is 0.193 e. The Balaban J connectivity index is 0.00000261. The smallest absolute Gasteiger partial charge is 0.193 e. The van der Waals surface area contributed by atoms with Gasteiger partial charge in [-0.15, -0.1) is 24.0 Å². The Morgan fingerprint density at radius 1 is 1.37 bits per heavy atom. The van der Waals surface area contributed by atoms with Crippen LogP contribution in [0.1, 0.15) is 43.2 Å². The number of furan rings is 1. The van der Waals surface area contributed by atoms with Gasteiger partial charge in [0.2, 0.25) is 0 Å². The summed E-state index contributed by atoms with van der Waals surface area (Å²) in [7, 11) is 3.91.